The van der Waals surface area contributed by atoms with Crippen molar-refractivity contribution in [3.63, 3.8) is 0 Å². The van der Waals surface area contributed by atoms with Gasteiger partial charge in [-0.15, -0.1) is 50.5 Å². The first-order chi connectivity index (χ1) is 16.6. The van der Waals surface area contributed by atoms with Gasteiger partial charge in [-0.3, -0.25) is 24.5 Å². The topological polar surface area (TPSA) is 83.6 Å². The molecule has 6 nitrogen and oxygen atoms in total. The first-order valence-electron chi connectivity index (χ1n) is 9.98. The summed E-state index contributed by atoms with van der Waals surface area (Å²) in [5, 5.41) is 4.38. The van der Waals surface area contributed by atoms with E-state index in [2.05, 4.69) is 56.0 Å². The number of rotatable bonds is 3. The number of imide groups is 2. The normalized spacial score (nSPS) is 13.0. The predicted molar refractivity (Wildman–Crippen MR) is 149 cm³/mol. The van der Waals surface area contributed by atoms with Gasteiger partial charge in [-0.25, -0.2) is 4.31 Å². The van der Waals surface area contributed by atoms with Crippen LogP contribution in [0.4, 0.5) is 0 Å². The van der Waals surface area contributed by atoms with Crippen molar-refractivity contribution in [3.8, 4) is 11.1 Å². The van der Waals surface area contributed by atoms with Gasteiger partial charge in [0.1, 0.15) is 0 Å². The SMILES string of the molecule is O=CNC(=O)c1cc(S)c(-c2c(S)cc3c4c(cc(S)cc24)C(=O)N(S)C3=O)c2cc(S)ccc12. The van der Waals surface area contributed by atoms with E-state index in [0.717, 1.165) is 4.31 Å². The summed E-state index contributed by atoms with van der Waals surface area (Å²) in [6.45, 7) is 0. The predicted octanol–water partition coefficient (Wildman–Crippen LogP) is 5.14. The Labute approximate surface area is 226 Å². The second-order valence-corrected chi connectivity index (χ2v) is 10.2. The van der Waals surface area contributed by atoms with Gasteiger partial charge in [-0.2, -0.15) is 0 Å². The van der Waals surface area contributed by atoms with E-state index in [1.165, 1.54) is 0 Å². The van der Waals surface area contributed by atoms with Crippen molar-refractivity contribution in [1.82, 2.24) is 9.62 Å². The Bertz CT molecular complexity index is 1650. The van der Waals surface area contributed by atoms with Crippen molar-refractivity contribution in [2.24, 2.45) is 0 Å². The Balaban J connectivity index is 1.96. The van der Waals surface area contributed by atoms with Crippen LogP contribution in [0.15, 0.2) is 62.0 Å². The van der Waals surface area contributed by atoms with Gasteiger partial charge in [0.15, 0.2) is 0 Å². The maximum Gasteiger partial charge on any atom is 0.271 e. The molecular formula is C24H14N2O4S5. The summed E-state index contributed by atoms with van der Waals surface area (Å²) < 4.78 is 0.768. The number of nitrogens with zero attached hydrogens (tertiary/aromatic N) is 1. The number of carbonyl (C=O) groups excluding carboxylic acids is 4. The lowest BCUT2D eigenvalue weighted by Gasteiger charge is -2.26. The number of benzene rings is 4. The molecule has 0 aromatic heterocycles. The lowest BCUT2D eigenvalue weighted by Crippen LogP contribution is -2.33. The summed E-state index contributed by atoms with van der Waals surface area (Å²) in [5.41, 5.74) is 2.05. The molecule has 1 aliphatic heterocycles. The van der Waals surface area contributed by atoms with E-state index in [1.807, 2.05) is 0 Å². The molecule has 0 saturated heterocycles. The van der Waals surface area contributed by atoms with Gasteiger partial charge in [0.25, 0.3) is 17.7 Å². The third kappa shape index (κ3) is 3.73. The van der Waals surface area contributed by atoms with Crippen LogP contribution in [0.5, 0.6) is 0 Å². The van der Waals surface area contributed by atoms with Crippen molar-refractivity contribution in [3.05, 3.63) is 59.2 Å². The summed E-state index contributed by atoms with van der Waals surface area (Å²) in [7, 11) is 0. The first-order valence-corrected chi connectivity index (χ1v) is 12.2. The monoisotopic (exact) mass is 554 g/mol. The quantitative estimate of drug-likeness (QED) is 0.120. The van der Waals surface area contributed by atoms with E-state index in [4.69, 9.17) is 12.6 Å². The van der Waals surface area contributed by atoms with Crippen LogP contribution in [0, 0.1) is 0 Å². The average molecular weight is 555 g/mol. The zero-order chi connectivity index (χ0) is 25.2. The van der Waals surface area contributed by atoms with Crippen LogP contribution in [0.25, 0.3) is 32.7 Å². The molecule has 11 heteroatoms. The highest BCUT2D eigenvalue weighted by Gasteiger charge is 2.33. The first kappa shape index (κ1) is 24.1. The van der Waals surface area contributed by atoms with Gasteiger partial charge in [0.05, 0.1) is 11.1 Å². The molecule has 35 heavy (non-hydrogen) atoms. The third-order valence-corrected chi connectivity index (χ3v) is 7.43. The fraction of sp³-hybridized carbons (Fsp3) is 0. The Morgan fingerprint density at radius 2 is 1.37 bits per heavy atom. The number of nitrogens with one attached hydrogen (secondary N) is 1. The average Bonchev–Trinajstić information content (AvgIpc) is 2.81. The summed E-state index contributed by atoms with van der Waals surface area (Å²) in [5.74, 6) is -1.69. The van der Waals surface area contributed by atoms with Crippen molar-refractivity contribution in [1.29, 1.82) is 0 Å². The molecule has 0 bridgehead atoms. The summed E-state index contributed by atoms with van der Waals surface area (Å²) in [6, 6.07) is 11.7. The Morgan fingerprint density at radius 1 is 0.771 bits per heavy atom. The molecule has 0 aliphatic carbocycles. The molecule has 0 atom stereocenters. The van der Waals surface area contributed by atoms with E-state index >= 15 is 0 Å². The molecule has 174 valence electrons. The fourth-order valence-corrected chi connectivity index (χ4v) is 5.83. The minimum absolute atomic E-state index is 0.253. The number of fused-ring (bicyclic) bond motifs is 1. The molecule has 1 N–H and O–H groups in total. The van der Waals surface area contributed by atoms with Crippen LogP contribution in [-0.4, -0.2) is 28.4 Å². The molecule has 4 aromatic carbocycles. The highest BCUT2D eigenvalue weighted by atomic mass is 32.1. The molecule has 1 aliphatic rings. The van der Waals surface area contributed by atoms with Gasteiger partial charge in [-0.05, 0) is 52.6 Å². The van der Waals surface area contributed by atoms with E-state index in [-0.39, 0.29) is 16.7 Å². The molecule has 0 spiro atoms. The molecule has 5 rings (SSSR count). The lowest BCUT2D eigenvalue weighted by atomic mass is 9.87. The van der Waals surface area contributed by atoms with Gasteiger partial charge >= 0.3 is 0 Å². The Morgan fingerprint density at radius 3 is 2.06 bits per heavy atom. The number of amides is 4. The Kier molecular flexibility index (Phi) is 6.09. The molecule has 0 unspecified atom stereocenters. The van der Waals surface area contributed by atoms with E-state index in [9.17, 15) is 19.2 Å². The minimum atomic E-state index is -0.579. The number of hydrogen-bond donors (Lipinski definition) is 6. The second-order valence-electron chi connectivity index (χ2n) is 7.80. The second kappa shape index (κ2) is 8.82. The molecule has 0 fully saturated rings. The highest BCUT2D eigenvalue weighted by molar-refractivity contribution is 7.81. The minimum Gasteiger partial charge on any atom is -0.295 e. The molecular weight excluding hydrogens is 541 g/mol. The standard InChI is InChI=1S/C24H14N2O4S5/c27-8-25-22(28)13-6-17(33)20(12-3-9(31)1-2-11(12)13)21-14-4-10(32)5-15-19(14)16(7-18(21)34)24(30)26(35)23(15)29/h1-8,31-35H,(H,25,27,28). The van der Waals surface area contributed by atoms with Gasteiger partial charge in [-0.1, -0.05) is 18.9 Å². The number of carbonyl (C=O) groups is 4. The molecule has 1 heterocycles. The van der Waals surface area contributed by atoms with Crippen LogP contribution < -0.4 is 5.32 Å². The summed E-state index contributed by atoms with van der Waals surface area (Å²) >= 11 is 22.4. The van der Waals surface area contributed by atoms with Crippen molar-refractivity contribution < 1.29 is 19.2 Å². The highest BCUT2D eigenvalue weighted by Crippen LogP contribution is 2.46. The molecule has 4 aromatic rings. The lowest BCUT2D eigenvalue weighted by molar-refractivity contribution is -0.108. The van der Waals surface area contributed by atoms with E-state index in [0.29, 0.717) is 58.7 Å². The van der Waals surface area contributed by atoms with E-state index in [1.54, 1.807) is 42.5 Å². The molecule has 0 saturated carbocycles. The van der Waals surface area contributed by atoms with Crippen LogP contribution in [-0.2, 0) is 4.79 Å². The zero-order valence-electron chi connectivity index (χ0n) is 17.4. The van der Waals surface area contributed by atoms with Crippen molar-refractivity contribution >= 4 is 109 Å². The van der Waals surface area contributed by atoms with Crippen LogP contribution in [0.3, 0.4) is 0 Å². The maximum absolute atomic E-state index is 12.9. The fourth-order valence-electron chi connectivity index (χ4n) is 4.43. The largest absolute Gasteiger partial charge is 0.295 e. The summed E-state index contributed by atoms with van der Waals surface area (Å²) in [4.78, 5) is 51.3. The van der Waals surface area contributed by atoms with Gasteiger partial charge in [0.2, 0.25) is 6.41 Å². The van der Waals surface area contributed by atoms with Crippen molar-refractivity contribution in [2.75, 3.05) is 0 Å². The van der Waals surface area contributed by atoms with Crippen LogP contribution >= 0.6 is 63.3 Å². The third-order valence-electron chi connectivity index (χ3n) is 5.83. The van der Waals surface area contributed by atoms with Gasteiger partial charge in [0, 0.05) is 41.7 Å². The van der Waals surface area contributed by atoms with Crippen molar-refractivity contribution in [2.45, 2.75) is 19.6 Å². The number of thiol groups is 5. The molecule has 0 radical (unpaired) electrons. The van der Waals surface area contributed by atoms with Gasteiger partial charge < -0.3 is 0 Å². The van der Waals surface area contributed by atoms with Crippen LogP contribution in [0.2, 0.25) is 0 Å². The molecule has 4 amide bonds. The number of hydrogen-bond acceptors (Lipinski definition) is 9. The smallest absolute Gasteiger partial charge is 0.271 e. The zero-order valence-corrected chi connectivity index (χ0v) is 21.9. The van der Waals surface area contributed by atoms with E-state index < -0.39 is 17.7 Å². The maximum atomic E-state index is 12.9. The Hall–Kier alpha value is -2.57. The van der Waals surface area contributed by atoms with Crippen LogP contribution in [0.1, 0.15) is 31.1 Å². The summed E-state index contributed by atoms with van der Waals surface area (Å²) in [6.07, 6.45) is 0.318.